The summed E-state index contributed by atoms with van der Waals surface area (Å²) in [5, 5.41) is 0. The molecular weight excluding hydrogens is 385 g/mol. The molecule has 1 N–H and O–H groups in total. The summed E-state index contributed by atoms with van der Waals surface area (Å²) >= 11 is 0. The summed E-state index contributed by atoms with van der Waals surface area (Å²) in [7, 11) is 0. The van der Waals surface area contributed by atoms with Crippen molar-refractivity contribution in [2.24, 2.45) is 5.92 Å². The molecule has 4 heteroatoms. The summed E-state index contributed by atoms with van der Waals surface area (Å²) in [5.41, 5.74) is 15.4. The monoisotopic (exact) mass is 415 g/mol. The summed E-state index contributed by atoms with van der Waals surface area (Å²) < 4.78 is 0. The Labute approximate surface area is 182 Å². The fourth-order valence-electron chi connectivity index (χ4n) is 2.79. The zero-order valence-corrected chi connectivity index (χ0v) is 19.8. The van der Waals surface area contributed by atoms with Crippen molar-refractivity contribution >= 4 is 5.57 Å². The third kappa shape index (κ3) is 8.37. The van der Waals surface area contributed by atoms with Gasteiger partial charge in [0.25, 0.3) is 0 Å². The van der Waals surface area contributed by atoms with Crippen LogP contribution in [0.25, 0.3) is 11.3 Å². The van der Waals surface area contributed by atoms with Crippen LogP contribution in [-0.4, -0.2) is 5.54 Å². The van der Waals surface area contributed by atoms with Crippen LogP contribution in [0.4, 0.5) is 0 Å². The molecule has 0 bridgehead atoms. The van der Waals surface area contributed by atoms with Gasteiger partial charge in [0.15, 0.2) is 0 Å². The van der Waals surface area contributed by atoms with Crippen molar-refractivity contribution < 1.29 is 46.5 Å². The van der Waals surface area contributed by atoms with Gasteiger partial charge in [-0.1, -0.05) is 57.4 Å². The molecule has 1 aliphatic carbocycles. The molecule has 0 radical (unpaired) electrons. The van der Waals surface area contributed by atoms with Gasteiger partial charge in [-0.3, -0.25) is 0 Å². The minimum Gasteiger partial charge on any atom is -1.00 e. The van der Waals surface area contributed by atoms with E-state index >= 15 is 0 Å². The minimum atomic E-state index is -0.250. The van der Waals surface area contributed by atoms with Crippen LogP contribution in [0.15, 0.2) is 41.0 Å². The second kappa shape index (κ2) is 12.3. The van der Waals surface area contributed by atoms with Crippen LogP contribution in [0.5, 0.6) is 0 Å². The first-order chi connectivity index (χ1) is 10.1. The van der Waals surface area contributed by atoms with Crippen molar-refractivity contribution in [3.63, 3.8) is 0 Å². The van der Waals surface area contributed by atoms with Gasteiger partial charge in [-0.15, -0.1) is 23.2 Å². The Morgan fingerprint density at radius 1 is 0.960 bits per heavy atom. The van der Waals surface area contributed by atoms with Gasteiger partial charge in [0, 0.05) is 0 Å². The van der Waals surface area contributed by atoms with E-state index < -0.39 is 0 Å². The Morgan fingerprint density at radius 2 is 1.40 bits per heavy atom. The molecule has 0 saturated carbocycles. The topological polar surface area (TPSA) is 23.8 Å². The molecule has 1 aliphatic rings. The predicted octanol–water partition coefficient (Wildman–Crippen LogP) is 0.861. The van der Waals surface area contributed by atoms with Crippen molar-refractivity contribution in [1.29, 1.82) is 0 Å². The van der Waals surface area contributed by atoms with Gasteiger partial charge in [-0.25, -0.2) is 0 Å². The second-order valence-electron chi connectivity index (χ2n) is 7.19. The van der Waals surface area contributed by atoms with Gasteiger partial charge in [-0.05, 0) is 32.3 Å². The second-order valence-corrected chi connectivity index (χ2v) is 7.19. The molecule has 1 aromatic carbocycles. The molecule has 1 aromatic rings. The molecule has 0 spiro atoms. The van der Waals surface area contributed by atoms with Crippen LogP contribution in [0.1, 0.15) is 66.5 Å². The van der Waals surface area contributed by atoms with E-state index in [2.05, 4.69) is 65.3 Å². The molecule has 0 heterocycles. The summed E-state index contributed by atoms with van der Waals surface area (Å²) in [6.07, 6.45) is 2.20. The van der Waals surface area contributed by atoms with Crippen LogP contribution in [0.3, 0.4) is 0 Å². The average Bonchev–Trinajstić information content (AvgIpc) is 2.61. The number of benzene rings is 1. The first-order valence-electron chi connectivity index (χ1n) is 8.10. The van der Waals surface area contributed by atoms with Crippen molar-refractivity contribution in [1.82, 2.24) is 0 Å². The van der Waals surface area contributed by atoms with Crippen LogP contribution >= 0.6 is 0 Å². The molecule has 25 heavy (non-hydrogen) atoms. The van der Waals surface area contributed by atoms with Crippen molar-refractivity contribution in [2.45, 2.75) is 60.9 Å². The standard InChI is InChI=1S/C17H21.C4H10N.2ClH.Ti/c1-6-15-9-7-8-10-16(15)17-13(4)11(2)12(3)14(17)5;1-4(2,3)5;;;/h6-10,13H,1-5H3;5H,1-3H3;2*1H;/q2*-1;;;+2/p-2. The fraction of sp³-hybridized carbons (Fsp3) is 0.476. The maximum atomic E-state index is 6.94. The Kier molecular flexibility index (Phi) is 14.5. The molecule has 0 saturated heterocycles. The first kappa shape index (κ1) is 29.6. The molecule has 1 unspecified atom stereocenters. The number of halogens is 2. The number of allylic oxidation sites excluding steroid dienone is 4. The smallest absolute Gasteiger partial charge is 1.00 e. The van der Waals surface area contributed by atoms with Crippen LogP contribution in [-0.2, 0) is 21.7 Å². The van der Waals surface area contributed by atoms with Crippen molar-refractivity contribution in [3.05, 3.63) is 64.3 Å². The van der Waals surface area contributed by atoms with Crippen molar-refractivity contribution in [3.8, 4) is 0 Å². The Hall–Kier alpha value is -0.176. The molecule has 1 atom stereocenters. The number of nitrogens with one attached hydrogen (secondary N) is 1. The van der Waals surface area contributed by atoms with Gasteiger partial charge in [0.05, 0.1) is 0 Å². The quantitative estimate of drug-likeness (QED) is 0.505. The summed E-state index contributed by atoms with van der Waals surface area (Å²) in [5.74, 6) is 0.552. The molecule has 140 valence electrons. The zero-order valence-electron chi connectivity index (χ0n) is 16.7. The maximum Gasteiger partial charge on any atom is 2.00 e. The van der Waals surface area contributed by atoms with Gasteiger partial charge in [0.2, 0.25) is 0 Å². The van der Waals surface area contributed by atoms with E-state index in [1.165, 1.54) is 33.4 Å². The number of hydrogen-bond donors (Lipinski definition) is 0. The third-order valence-corrected chi connectivity index (χ3v) is 4.20. The van der Waals surface area contributed by atoms with E-state index in [9.17, 15) is 0 Å². The first-order valence-corrected chi connectivity index (χ1v) is 8.10. The largest absolute Gasteiger partial charge is 2.00 e. The third-order valence-electron chi connectivity index (χ3n) is 4.20. The average molecular weight is 416 g/mol. The van der Waals surface area contributed by atoms with Crippen molar-refractivity contribution in [2.75, 3.05) is 0 Å². The molecule has 1 nitrogen and oxygen atoms in total. The van der Waals surface area contributed by atoms with Crippen LogP contribution in [0.2, 0.25) is 0 Å². The van der Waals surface area contributed by atoms with E-state index in [1.54, 1.807) is 0 Å². The van der Waals surface area contributed by atoms with Crippen LogP contribution in [0, 0.1) is 12.3 Å². The summed E-state index contributed by atoms with van der Waals surface area (Å²) in [6.45, 7) is 16.7. The summed E-state index contributed by atoms with van der Waals surface area (Å²) in [6, 6.07) is 8.70. The molecule has 0 amide bonds. The van der Waals surface area contributed by atoms with Crippen LogP contribution < -0.4 is 24.8 Å². The molecular formula is C21H31Cl2NTi-2. The SMILES string of the molecule is CC(C)(C)[NH-].C[CH-]c1ccccc1C1=C(C)C(C)=C(C)C1C.[Cl-].[Cl-].[Ti+2]. The number of hydrogen-bond acceptors (Lipinski definition) is 0. The van der Waals surface area contributed by atoms with E-state index in [-0.39, 0.29) is 52.1 Å². The maximum absolute atomic E-state index is 6.94. The summed E-state index contributed by atoms with van der Waals surface area (Å²) in [4.78, 5) is 0. The predicted molar refractivity (Wildman–Crippen MR) is 99.7 cm³/mol. The molecule has 0 fully saturated rings. The minimum absolute atomic E-state index is 0. The number of rotatable bonds is 2. The van der Waals surface area contributed by atoms with Gasteiger partial charge < -0.3 is 30.5 Å². The van der Waals surface area contributed by atoms with Gasteiger partial charge in [-0.2, -0.15) is 18.1 Å². The zero-order chi connectivity index (χ0) is 17.1. The normalized spacial score (nSPS) is 16.1. The Morgan fingerprint density at radius 3 is 1.76 bits per heavy atom. The van der Waals surface area contributed by atoms with Gasteiger partial charge >= 0.3 is 21.7 Å². The van der Waals surface area contributed by atoms with E-state index in [4.69, 9.17) is 5.73 Å². The van der Waals surface area contributed by atoms with E-state index in [0.717, 1.165) is 0 Å². The molecule has 0 aromatic heterocycles. The molecule has 0 aliphatic heterocycles. The Balaban J connectivity index is -0.000000539. The van der Waals surface area contributed by atoms with E-state index in [1.807, 2.05) is 20.8 Å². The van der Waals surface area contributed by atoms with Gasteiger partial charge in [0.1, 0.15) is 0 Å². The Bertz CT molecular complexity index is 592. The van der Waals surface area contributed by atoms with E-state index in [0.29, 0.717) is 5.92 Å². The molecule has 2 rings (SSSR count). The fourth-order valence-corrected chi connectivity index (χ4v) is 2.79.